The number of fused-ring (bicyclic) bond motifs is 1. The van der Waals surface area contributed by atoms with Crippen LogP contribution in [0.2, 0.25) is 5.02 Å². The van der Waals surface area contributed by atoms with Crippen LogP contribution < -0.4 is 4.90 Å². The predicted molar refractivity (Wildman–Crippen MR) is 156 cm³/mol. The van der Waals surface area contributed by atoms with Crippen molar-refractivity contribution in [1.29, 1.82) is 0 Å². The standard InChI is InChI=1S/C29H30ClN3O2S.ClH/c1-21-18-24(30)19-26-28(21)31-29(36-26)33(13-12-32-14-16-35-17-15-32)27(34)20-25(22-8-4-2-5-9-22)23-10-6-3-7-11-23;/h2-11,18-19,25H,12-17,20H2,1H3;1H. The highest BCUT2D eigenvalue weighted by molar-refractivity contribution is 7.22. The number of hydrogen-bond acceptors (Lipinski definition) is 5. The molecule has 0 radical (unpaired) electrons. The SMILES string of the molecule is Cc1cc(Cl)cc2sc(N(CCN3CCOCC3)C(=O)CC(c3ccccc3)c3ccccc3)nc12.Cl. The molecule has 0 aliphatic carbocycles. The zero-order chi connectivity index (χ0) is 24.9. The van der Waals surface area contributed by atoms with Gasteiger partial charge in [-0.15, -0.1) is 12.4 Å². The quantitative estimate of drug-likeness (QED) is 0.246. The summed E-state index contributed by atoms with van der Waals surface area (Å²) in [5, 5.41) is 1.42. The Kier molecular flexibility index (Phi) is 9.57. The van der Waals surface area contributed by atoms with Crippen molar-refractivity contribution in [2.45, 2.75) is 19.3 Å². The Morgan fingerprint density at radius 3 is 2.30 bits per heavy atom. The van der Waals surface area contributed by atoms with Crippen molar-refractivity contribution >= 4 is 56.6 Å². The zero-order valence-corrected chi connectivity index (χ0v) is 23.2. The number of hydrogen-bond donors (Lipinski definition) is 0. The lowest BCUT2D eigenvalue weighted by molar-refractivity contribution is -0.118. The molecule has 5 nitrogen and oxygen atoms in total. The number of benzene rings is 3. The lowest BCUT2D eigenvalue weighted by Gasteiger charge is -2.30. The van der Waals surface area contributed by atoms with Crippen LogP contribution in [0.1, 0.15) is 29.0 Å². The van der Waals surface area contributed by atoms with E-state index in [-0.39, 0.29) is 24.2 Å². The molecule has 0 spiro atoms. The summed E-state index contributed by atoms with van der Waals surface area (Å²) in [6.07, 6.45) is 0.368. The van der Waals surface area contributed by atoms with E-state index in [0.717, 1.165) is 64.9 Å². The van der Waals surface area contributed by atoms with E-state index in [9.17, 15) is 4.79 Å². The van der Waals surface area contributed by atoms with Crippen molar-refractivity contribution in [3.05, 3.63) is 94.5 Å². The predicted octanol–water partition coefficient (Wildman–Crippen LogP) is 6.57. The molecule has 194 valence electrons. The van der Waals surface area contributed by atoms with Gasteiger partial charge in [-0.1, -0.05) is 83.6 Å². The Labute approximate surface area is 233 Å². The fraction of sp³-hybridized carbons (Fsp3) is 0.310. The van der Waals surface area contributed by atoms with Crippen LogP contribution in [-0.2, 0) is 9.53 Å². The number of nitrogens with zero attached hydrogens (tertiary/aromatic N) is 3. The van der Waals surface area contributed by atoms with Gasteiger partial charge in [0.25, 0.3) is 0 Å². The lowest BCUT2D eigenvalue weighted by Crippen LogP contribution is -2.43. The van der Waals surface area contributed by atoms with Crippen molar-refractivity contribution in [2.75, 3.05) is 44.3 Å². The van der Waals surface area contributed by atoms with E-state index in [1.807, 2.05) is 60.4 Å². The van der Waals surface area contributed by atoms with E-state index in [4.69, 9.17) is 21.3 Å². The minimum absolute atomic E-state index is 0. The smallest absolute Gasteiger partial charge is 0.229 e. The third-order valence-electron chi connectivity index (χ3n) is 6.70. The molecule has 1 saturated heterocycles. The molecule has 0 bridgehead atoms. The number of carbonyl (C=O) groups excluding carboxylic acids is 1. The number of anilines is 1. The molecule has 0 atom stereocenters. The van der Waals surface area contributed by atoms with Crippen LogP contribution in [0.15, 0.2) is 72.8 Å². The Morgan fingerprint density at radius 2 is 1.68 bits per heavy atom. The van der Waals surface area contributed by atoms with Crippen LogP contribution in [0.4, 0.5) is 5.13 Å². The van der Waals surface area contributed by atoms with Gasteiger partial charge < -0.3 is 4.74 Å². The first-order valence-electron chi connectivity index (χ1n) is 12.4. The number of aromatic nitrogens is 1. The molecule has 0 unspecified atom stereocenters. The summed E-state index contributed by atoms with van der Waals surface area (Å²) < 4.78 is 6.51. The maximum Gasteiger partial charge on any atom is 0.229 e. The topological polar surface area (TPSA) is 45.7 Å². The fourth-order valence-corrected chi connectivity index (χ4v) is 6.20. The number of carbonyl (C=O) groups is 1. The minimum atomic E-state index is -0.0312. The van der Waals surface area contributed by atoms with E-state index >= 15 is 0 Å². The molecule has 2 heterocycles. The lowest BCUT2D eigenvalue weighted by atomic mass is 9.88. The number of morpholine rings is 1. The number of ether oxygens (including phenoxy) is 1. The molecular formula is C29H31Cl2N3O2S. The van der Waals surface area contributed by atoms with E-state index in [2.05, 4.69) is 29.2 Å². The first-order valence-corrected chi connectivity index (χ1v) is 13.5. The van der Waals surface area contributed by atoms with Crippen LogP contribution >= 0.6 is 35.3 Å². The van der Waals surface area contributed by atoms with Gasteiger partial charge >= 0.3 is 0 Å². The van der Waals surface area contributed by atoms with Crippen molar-refractivity contribution in [3.63, 3.8) is 0 Å². The summed E-state index contributed by atoms with van der Waals surface area (Å²) in [4.78, 5) is 23.2. The molecule has 1 aliphatic rings. The molecule has 37 heavy (non-hydrogen) atoms. The van der Waals surface area contributed by atoms with Gasteiger partial charge in [0, 0.05) is 43.5 Å². The van der Waals surface area contributed by atoms with Crippen molar-refractivity contribution in [3.8, 4) is 0 Å². The van der Waals surface area contributed by atoms with Gasteiger partial charge in [0.15, 0.2) is 5.13 Å². The molecule has 1 aliphatic heterocycles. The van der Waals surface area contributed by atoms with Crippen LogP contribution in [0, 0.1) is 6.92 Å². The average Bonchev–Trinajstić information content (AvgIpc) is 3.33. The van der Waals surface area contributed by atoms with E-state index < -0.39 is 0 Å². The Morgan fingerprint density at radius 1 is 1.05 bits per heavy atom. The summed E-state index contributed by atoms with van der Waals surface area (Å²) in [6, 6.07) is 24.4. The number of amides is 1. The maximum atomic E-state index is 14.0. The summed E-state index contributed by atoms with van der Waals surface area (Å²) in [5.41, 5.74) is 4.20. The Hall–Kier alpha value is -2.48. The van der Waals surface area contributed by atoms with Crippen molar-refractivity contribution < 1.29 is 9.53 Å². The molecule has 5 rings (SSSR count). The zero-order valence-electron chi connectivity index (χ0n) is 20.8. The average molecular weight is 557 g/mol. The normalized spacial score (nSPS) is 14.0. The largest absolute Gasteiger partial charge is 0.379 e. The Bertz CT molecular complexity index is 1270. The van der Waals surface area contributed by atoms with Crippen LogP contribution in [0.3, 0.4) is 0 Å². The van der Waals surface area contributed by atoms with Crippen molar-refractivity contribution in [1.82, 2.24) is 9.88 Å². The second kappa shape index (κ2) is 12.9. The summed E-state index contributed by atoms with van der Waals surface area (Å²) in [7, 11) is 0. The van der Waals surface area contributed by atoms with Crippen LogP contribution in [0.25, 0.3) is 10.2 Å². The molecular weight excluding hydrogens is 525 g/mol. The minimum Gasteiger partial charge on any atom is -0.379 e. The summed E-state index contributed by atoms with van der Waals surface area (Å²) >= 11 is 7.86. The number of rotatable bonds is 8. The number of halogens is 2. The molecule has 0 saturated carbocycles. The van der Waals surface area contributed by atoms with Gasteiger partial charge in [0.1, 0.15) is 0 Å². The van der Waals surface area contributed by atoms with Crippen LogP contribution in [0.5, 0.6) is 0 Å². The van der Waals surface area contributed by atoms with E-state index in [1.165, 1.54) is 11.3 Å². The van der Waals surface area contributed by atoms with Gasteiger partial charge in [0.2, 0.25) is 5.91 Å². The third kappa shape index (κ3) is 6.70. The van der Waals surface area contributed by atoms with Gasteiger partial charge in [-0.05, 0) is 35.7 Å². The number of thiazole rings is 1. The van der Waals surface area contributed by atoms with E-state index in [1.54, 1.807) is 0 Å². The highest BCUT2D eigenvalue weighted by Gasteiger charge is 2.26. The van der Waals surface area contributed by atoms with Gasteiger partial charge in [0.05, 0.1) is 23.4 Å². The van der Waals surface area contributed by atoms with E-state index in [0.29, 0.717) is 18.0 Å². The molecule has 1 fully saturated rings. The highest BCUT2D eigenvalue weighted by atomic mass is 35.5. The first-order chi connectivity index (χ1) is 17.6. The summed E-state index contributed by atoms with van der Waals surface area (Å²) in [5.74, 6) is 0.0418. The maximum absolute atomic E-state index is 14.0. The molecule has 8 heteroatoms. The van der Waals surface area contributed by atoms with Gasteiger partial charge in [-0.25, -0.2) is 4.98 Å². The first kappa shape index (κ1) is 27.6. The Balaban J connectivity index is 0.00000320. The third-order valence-corrected chi connectivity index (χ3v) is 7.94. The highest BCUT2D eigenvalue weighted by Crippen LogP contribution is 2.35. The molecule has 0 N–H and O–H groups in total. The molecule has 4 aromatic rings. The monoisotopic (exact) mass is 555 g/mol. The van der Waals surface area contributed by atoms with Crippen LogP contribution in [-0.4, -0.2) is 55.2 Å². The summed E-state index contributed by atoms with van der Waals surface area (Å²) in [6.45, 7) is 6.61. The fourth-order valence-electron chi connectivity index (χ4n) is 4.73. The molecule has 1 aromatic heterocycles. The second-order valence-corrected chi connectivity index (χ2v) is 10.6. The molecule has 3 aromatic carbocycles. The second-order valence-electron chi connectivity index (χ2n) is 9.14. The molecule has 1 amide bonds. The van der Waals surface area contributed by atoms with Gasteiger partial charge in [-0.2, -0.15) is 0 Å². The number of aryl methyl sites for hydroxylation is 1. The van der Waals surface area contributed by atoms with Gasteiger partial charge in [-0.3, -0.25) is 14.6 Å². The van der Waals surface area contributed by atoms with Crippen molar-refractivity contribution in [2.24, 2.45) is 0 Å².